The number of aromatic nitrogens is 2. The van der Waals surface area contributed by atoms with Gasteiger partial charge in [-0.3, -0.25) is 9.78 Å². The minimum Gasteiger partial charge on any atom is -0.381 e. The molecule has 1 amide bonds. The molecule has 26 heavy (non-hydrogen) atoms. The molecule has 4 rings (SSSR count). The first kappa shape index (κ1) is 17.5. The molecule has 0 bridgehead atoms. The summed E-state index contributed by atoms with van der Waals surface area (Å²) < 4.78 is 13.3. The van der Waals surface area contributed by atoms with Crippen LogP contribution in [0.25, 0.3) is 5.52 Å². The molecule has 0 spiro atoms. The molecule has 2 aromatic heterocycles. The number of amides is 1. The number of carbonyl (C=O) groups is 1. The van der Waals surface area contributed by atoms with Crippen molar-refractivity contribution < 1.29 is 14.3 Å². The fourth-order valence-corrected chi connectivity index (χ4v) is 4.02. The summed E-state index contributed by atoms with van der Waals surface area (Å²) in [6.45, 7) is 4.34. The highest BCUT2D eigenvalue weighted by molar-refractivity contribution is 5.76. The van der Waals surface area contributed by atoms with Crippen molar-refractivity contribution in [2.75, 3.05) is 39.5 Å². The maximum Gasteiger partial charge on any atom is 0.222 e. The van der Waals surface area contributed by atoms with Crippen LogP contribution in [0.4, 0.5) is 0 Å². The van der Waals surface area contributed by atoms with Crippen molar-refractivity contribution in [2.45, 2.75) is 25.7 Å². The largest absolute Gasteiger partial charge is 0.381 e. The van der Waals surface area contributed by atoms with E-state index in [1.807, 2.05) is 29.6 Å². The van der Waals surface area contributed by atoms with E-state index in [0.717, 1.165) is 50.2 Å². The third-order valence-electron chi connectivity index (χ3n) is 5.51. The number of hydrogen-bond acceptors (Lipinski definition) is 4. The lowest BCUT2D eigenvalue weighted by Gasteiger charge is -2.27. The van der Waals surface area contributed by atoms with Crippen molar-refractivity contribution in [3.8, 4) is 0 Å². The number of carbonyl (C=O) groups excluding carboxylic acids is 1. The predicted octanol–water partition coefficient (Wildman–Crippen LogP) is 2.17. The van der Waals surface area contributed by atoms with E-state index in [1.165, 1.54) is 0 Å². The molecular formula is C20H27N3O3. The van der Waals surface area contributed by atoms with Crippen molar-refractivity contribution in [1.29, 1.82) is 0 Å². The van der Waals surface area contributed by atoms with E-state index in [-0.39, 0.29) is 11.8 Å². The quantitative estimate of drug-likeness (QED) is 0.842. The Bertz CT molecular complexity index is 739. The average Bonchev–Trinajstić information content (AvgIpc) is 3.02. The van der Waals surface area contributed by atoms with Crippen LogP contribution < -0.4 is 0 Å². The zero-order chi connectivity index (χ0) is 17.8. The van der Waals surface area contributed by atoms with Gasteiger partial charge in [0.2, 0.25) is 5.91 Å². The lowest BCUT2D eigenvalue weighted by Crippen LogP contribution is -2.38. The third kappa shape index (κ3) is 4.07. The molecule has 2 fully saturated rings. The number of hydrogen-bond donors (Lipinski definition) is 0. The summed E-state index contributed by atoms with van der Waals surface area (Å²) in [5.74, 6) is 1.01. The van der Waals surface area contributed by atoms with E-state index in [9.17, 15) is 4.79 Å². The summed E-state index contributed by atoms with van der Waals surface area (Å²) in [5.41, 5.74) is 2.21. The summed E-state index contributed by atoms with van der Waals surface area (Å²) >= 11 is 0. The van der Waals surface area contributed by atoms with Gasteiger partial charge in [-0.05, 0) is 37.3 Å². The molecule has 4 heterocycles. The molecule has 0 N–H and O–H groups in total. The smallest absolute Gasteiger partial charge is 0.222 e. The van der Waals surface area contributed by atoms with Crippen LogP contribution >= 0.6 is 0 Å². The second-order valence-corrected chi connectivity index (χ2v) is 7.42. The molecule has 0 radical (unpaired) electrons. The standard InChI is InChI=1S/C20H27N3O3/c24-20(13-16-3-9-25-10-4-16)23-8-11-26-15-17(14-23)12-18-19-2-1-6-22(19)7-5-21-18/h1-2,5-7,16-17H,3-4,8-15H2/t17-/m0/s1. The highest BCUT2D eigenvalue weighted by Crippen LogP contribution is 2.22. The van der Waals surface area contributed by atoms with Crippen molar-refractivity contribution in [2.24, 2.45) is 11.8 Å². The molecular weight excluding hydrogens is 330 g/mol. The van der Waals surface area contributed by atoms with E-state index < -0.39 is 0 Å². The van der Waals surface area contributed by atoms with E-state index in [0.29, 0.717) is 32.1 Å². The Hall–Kier alpha value is -1.92. The maximum atomic E-state index is 12.8. The predicted molar refractivity (Wildman–Crippen MR) is 97.9 cm³/mol. The molecule has 6 heteroatoms. The molecule has 2 aliphatic rings. The Morgan fingerprint density at radius 2 is 2.04 bits per heavy atom. The normalized spacial score (nSPS) is 22.5. The van der Waals surface area contributed by atoms with Gasteiger partial charge in [0, 0.05) is 57.2 Å². The second-order valence-electron chi connectivity index (χ2n) is 7.42. The third-order valence-corrected chi connectivity index (χ3v) is 5.51. The van der Waals surface area contributed by atoms with Crippen LogP contribution in [0.2, 0.25) is 0 Å². The van der Waals surface area contributed by atoms with Gasteiger partial charge in [-0.15, -0.1) is 0 Å². The molecule has 0 aliphatic carbocycles. The first-order valence-electron chi connectivity index (χ1n) is 9.63. The molecule has 2 aliphatic heterocycles. The van der Waals surface area contributed by atoms with E-state index in [2.05, 4.69) is 15.5 Å². The SMILES string of the molecule is O=C(CC1CCOCC1)N1CCOC[C@@H](Cc2nccn3cccc23)C1. The van der Waals surface area contributed by atoms with Crippen molar-refractivity contribution in [3.05, 3.63) is 36.4 Å². The molecule has 0 unspecified atom stereocenters. The van der Waals surface area contributed by atoms with Gasteiger partial charge >= 0.3 is 0 Å². The zero-order valence-electron chi connectivity index (χ0n) is 15.2. The van der Waals surface area contributed by atoms with Crippen LogP contribution in [0.15, 0.2) is 30.7 Å². The average molecular weight is 357 g/mol. The van der Waals surface area contributed by atoms with Gasteiger partial charge in [-0.2, -0.15) is 0 Å². The fourth-order valence-electron chi connectivity index (χ4n) is 4.02. The zero-order valence-corrected chi connectivity index (χ0v) is 15.2. The van der Waals surface area contributed by atoms with E-state index in [4.69, 9.17) is 9.47 Å². The molecule has 0 saturated carbocycles. The fraction of sp³-hybridized carbons (Fsp3) is 0.600. The Morgan fingerprint density at radius 3 is 2.92 bits per heavy atom. The summed E-state index contributed by atoms with van der Waals surface area (Å²) in [5, 5.41) is 0. The van der Waals surface area contributed by atoms with Crippen LogP contribution in [0.3, 0.4) is 0 Å². The maximum absolute atomic E-state index is 12.8. The molecule has 1 atom stereocenters. The number of fused-ring (bicyclic) bond motifs is 1. The van der Waals surface area contributed by atoms with E-state index in [1.54, 1.807) is 0 Å². The monoisotopic (exact) mass is 357 g/mol. The Morgan fingerprint density at radius 1 is 1.15 bits per heavy atom. The molecule has 2 aromatic rings. The van der Waals surface area contributed by atoms with Crippen LogP contribution in [0, 0.1) is 11.8 Å². The summed E-state index contributed by atoms with van der Waals surface area (Å²) in [7, 11) is 0. The molecule has 0 aromatic carbocycles. The van der Waals surface area contributed by atoms with Crippen LogP contribution in [-0.4, -0.2) is 59.7 Å². The lowest BCUT2D eigenvalue weighted by atomic mass is 9.95. The van der Waals surface area contributed by atoms with Gasteiger partial charge in [0.05, 0.1) is 24.4 Å². The van der Waals surface area contributed by atoms with Crippen LogP contribution in [0.5, 0.6) is 0 Å². The number of ether oxygens (including phenoxy) is 2. The molecule has 6 nitrogen and oxygen atoms in total. The van der Waals surface area contributed by atoms with Gasteiger partial charge < -0.3 is 18.8 Å². The Balaban J connectivity index is 1.40. The van der Waals surface area contributed by atoms with Crippen LogP contribution in [-0.2, 0) is 20.7 Å². The molecule has 2 saturated heterocycles. The van der Waals surface area contributed by atoms with E-state index >= 15 is 0 Å². The summed E-state index contributed by atoms with van der Waals surface area (Å²) in [6, 6.07) is 4.13. The van der Waals surface area contributed by atoms with Crippen molar-refractivity contribution in [1.82, 2.24) is 14.3 Å². The van der Waals surface area contributed by atoms with Crippen molar-refractivity contribution >= 4 is 11.4 Å². The van der Waals surface area contributed by atoms with Gasteiger partial charge in [0.15, 0.2) is 0 Å². The first-order chi connectivity index (χ1) is 12.8. The van der Waals surface area contributed by atoms with Gasteiger partial charge in [-0.25, -0.2) is 0 Å². The van der Waals surface area contributed by atoms with Crippen molar-refractivity contribution in [3.63, 3.8) is 0 Å². The Kier molecular flexibility index (Phi) is 5.51. The van der Waals surface area contributed by atoms with Crippen LogP contribution in [0.1, 0.15) is 25.0 Å². The second kappa shape index (κ2) is 8.18. The summed E-state index contributed by atoms with van der Waals surface area (Å²) in [6.07, 6.45) is 9.31. The summed E-state index contributed by atoms with van der Waals surface area (Å²) in [4.78, 5) is 19.4. The van der Waals surface area contributed by atoms with Gasteiger partial charge in [0.1, 0.15) is 0 Å². The topological polar surface area (TPSA) is 56.1 Å². The molecule has 140 valence electrons. The lowest BCUT2D eigenvalue weighted by molar-refractivity contribution is -0.133. The van der Waals surface area contributed by atoms with Gasteiger partial charge in [-0.1, -0.05) is 0 Å². The minimum absolute atomic E-state index is 0.265. The first-order valence-corrected chi connectivity index (χ1v) is 9.63. The Labute approximate surface area is 154 Å². The number of rotatable bonds is 4. The highest BCUT2D eigenvalue weighted by Gasteiger charge is 2.26. The minimum atomic E-state index is 0.265. The van der Waals surface area contributed by atoms with Gasteiger partial charge in [0.25, 0.3) is 0 Å². The highest BCUT2D eigenvalue weighted by atomic mass is 16.5. The number of nitrogens with zero attached hydrogens (tertiary/aromatic N) is 3.